The summed E-state index contributed by atoms with van der Waals surface area (Å²) in [6, 6.07) is 12.5. The van der Waals surface area contributed by atoms with E-state index in [2.05, 4.69) is 4.98 Å². The largest absolute Gasteiger partial charge is 0.332 e. The summed E-state index contributed by atoms with van der Waals surface area (Å²) in [6.45, 7) is -1.38. The van der Waals surface area contributed by atoms with Crippen molar-refractivity contribution in [2.45, 2.75) is 19.4 Å². The molecule has 8 nitrogen and oxygen atoms in total. The van der Waals surface area contributed by atoms with Crippen LogP contribution in [-0.4, -0.2) is 44.7 Å². The van der Waals surface area contributed by atoms with E-state index in [0.29, 0.717) is 42.4 Å². The second-order valence-corrected chi connectivity index (χ2v) is 7.84. The van der Waals surface area contributed by atoms with Crippen molar-refractivity contribution >= 4 is 34.6 Å². The molecule has 0 radical (unpaired) electrons. The standard InChI is InChI=1S/C22H22N4O4S/c27-20(15-5-7-17(8-6-15)26(29)30)16-9-11-24(12-10-16)13-14-25-21(28)18-3-1-2-4-19(18)23-22(25)31/h1-8,16H,9-14H2,(H,23,31)/i13D2. The monoisotopic (exact) mass is 440 g/mol. The maximum Gasteiger partial charge on any atom is 0.269 e. The fraction of sp³-hybridized carbons (Fsp3) is 0.318. The Hall–Kier alpha value is -3.17. The minimum atomic E-state index is -1.84. The van der Waals surface area contributed by atoms with Gasteiger partial charge in [0.15, 0.2) is 10.6 Å². The van der Waals surface area contributed by atoms with E-state index in [9.17, 15) is 19.7 Å². The van der Waals surface area contributed by atoms with Gasteiger partial charge in [-0.2, -0.15) is 0 Å². The number of nitrogens with zero attached hydrogens (tertiary/aromatic N) is 3. The zero-order valence-electron chi connectivity index (χ0n) is 18.6. The zero-order valence-corrected chi connectivity index (χ0v) is 17.4. The predicted octanol–water partition coefficient (Wildman–Crippen LogP) is 3.56. The molecule has 0 aliphatic carbocycles. The van der Waals surface area contributed by atoms with E-state index in [1.54, 1.807) is 29.2 Å². The SMILES string of the molecule is [2H]C([2H])(Cn1c(=S)[nH]c2ccccc2c1=O)N1CCC(C(=O)c2ccc([N+](=O)[O-])cc2)CC1. The quantitative estimate of drug-likeness (QED) is 0.272. The second-order valence-electron chi connectivity index (χ2n) is 7.45. The van der Waals surface area contributed by atoms with Gasteiger partial charge in [-0.3, -0.25) is 24.3 Å². The Morgan fingerprint density at radius 1 is 1.19 bits per heavy atom. The minimum Gasteiger partial charge on any atom is -0.332 e. The van der Waals surface area contributed by atoms with Crippen molar-refractivity contribution in [2.75, 3.05) is 19.6 Å². The molecule has 2 heterocycles. The van der Waals surface area contributed by atoms with E-state index < -0.39 is 11.4 Å². The summed E-state index contributed by atoms with van der Waals surface area (Å²) in [5, 5.41) is 11.2. The van der Waals surface area contributed by atoms with E-state index in [0.717, 1.165) is 0 Å². The van der Waals surface area contributed by atoms with Crippen LogP contribution in [0.15, 0.2) is 53.3 Å². The number of non-ortho nitro benzene ring substituents is 1. The third-order valence-electron chi connectivity index (χ3n) is 5.57. The average Bonchev–Trinajstić information content (AvgIpc) is 2.81. The number of carbonyl (C=O) groups is 1. The van der Waals surface area contributed by atoms with Crippen LogP contribution in [0.25, 0.3) is 10.9 Å². The highest BCUT2D eigenvalue weighted by Crippen LogP contribution is 2.23. The molecule has 0 saturated carbocycles. The molecule has 0 unspecified atom stereocenters. The lowest BCUT2D eigenvalue weighted by Crippen LogP contribution is -2.39. The molecule has 160 valence electrons. The van der Waals surface area contributed by atoms with Gasteiger partial charge >= 0.3 is 0 Å². The van der Waals surface area contributed by atoms with Crippen molar-refractivity contribution in [3.05, 3.63) is 79.3 Å². The molecular weight excluding hydrogens is 416 g/mol. The number of nitro benzene ring substituents is 1. The van der Waals surface area contributed by atoms with E-state index >= 15 is 0 Å². The van der Waals surface area contributed by atoms with Gasteiger partial charge in [-0.25, -0.2) is 0 Å². The smallest absolute Gasteiger partial charge is 0.269 e. The van der Waals surface area contributed by atoms with Gasteiger partial charge < -0.3 is 9.88 Å². The lowest BCUT2D eigenvalue weighted by Gasteiger charge is -2.31. The molecule has 1 aliphatic heterocycles. The number of para-hydroxylation sites is 1. The highest BCUT2D eigenvalue weighted by molar-refractivity contribution is 7.71. The number of benzene rings is 2. The molecule has 1 N–H and O–H groups in total. The van der Waals surface area contributed by atoms with E-state index in [-0.39, 0.29) is 34.3 Å². The fourth-order valence-corrected chi connectivity index (χ4v) is 4.05. The maximum atomic E-state index is 12.9. The number of H-pyrrole nitrogens is 1. The summed E-state index contributed by atoms with van der Waals surface area (Å²) in [5.41, 5.74) is 0.601. The topological polar surface area (TPSA) is 101 Å². The van der Waals surface area contributed by atoms with Gasteiger partial charge in [0.25, 0.3) is 11.2 Å². The number of hydrogen-bond acceptors (Lipinski definition) is 6. The summed E-state index contributed by atoms with van der Waals surface area (Å²) < 4.78 is 18.6. The first-order valence-electron chi connectivity index (χ1n) is 10.9. The number of nitrogens with one attached hydrogen (secondary N) is 1. The first-order valence-corrected chi connectivity index (χ1v) is 10.3. The fourth-order valence-electron chi connectivity index (χ4n) is 3.80. The van der Waals surface area contributed by atoms with Crippen LogP contribution < -0.4 is 5.56 Å². The van der Waals surface area contributed by atoms with Crippen LogP contribution in [0.1, 0.15) is 25.9 Å². The Bertz CT molecular complexity index is 1330. The van der Waals surface area contributed by atoms with Gasteiger partial charge in [-0.1, -0.05) is 12.1 Å². The minimum absolute atomic E-state index is 0.0724. The molecule has 1 saturated heterocycles. The van der Waals surface area contributed by atoms with Crippen LogP contribution in [0.4, 0.5) is 5.69 Å². The Kier molecular flexibility index (Phi) is 5.34. The molecule has 0 spiro atoms. The van der Waals surface area contributed by atoms with Gasteiger partial charge in [0.05, 0.1) is 15.8 Å². The van der Waals surface area contributed by atoms with Gasteiger partial charge in [-0.05, 0) is 62.4 Å². The number of nitro groups is 1. The summed E-state index contributed by atoms with van der Waals surface area (Å²) in [6.07, 6.45) is 0.906. The highest BCUT2D eigenvalue weighted by atomic mass is 32.1. The van der Waals surface area contributed by atoms with Crippen molar-refractivity contribution in [3.8, 4) is 0 Å². The van der Waals surface area contributed by atoms with E-state index in [1.165, 1.54) is 28.8 Å². The molecule has 2 aromatic carbocycles. The van der Waals surface area contributed by atoms with Gasteiger partial charge in [0.2, 0.25) is 0 Å². The summed E-state index contributed by atoms with van der Waals surface area (Å²) in [7, 11) is 0. The molecule has 0 atom stereocenters. The first-order chi connectivity index (χ1) is 15.7. The van der Waals surface area contributed by atoms with Gasteiger partial charge in [-0.15, -0.1) is 0 Å². The number of fused-ring (bicyclic) bond motifs is 1. The van der Waals surface area contributed by atoms with E-state index in [4.69, 9.17) is 15.0 Å². The predicted molar refractivity (Wildman–Crippen MR) is 120 cm³/mol. The van der Waals surface area contributed by atoms with Gasteiger partial charge in [0.1, 0.15) is 0 Å². The second kappa shape index (κ2) is 8.91. The number of ketones is 1. The van der Waals surface area contributed by atoms with Crippen molar-refractivity contribution in [3.63, 3.8) is 0 Å². The Labute approximate surface area is 186 Å². The summed E-state index contributed by atoms with van der Waals surface area (Å²) in [5.74, 6) is -0.386. The normalized spacial score (nSPS) is 16.6. The number of rotatable bonds is 6. The number of hydrogen-bond donors (Lipinski definition) is 1. The van der Waals surface area contributed by atoms with Crippen molar-refractivity contribution < 1.29 is 12.5 Å². The summed E-state index contributed by atoms with van der Waals surface area (Å²) >= 11 is 5.30. The first kappa shape index (κ1) is 18.6. The third kappa shape index (κ3) is 4.47. The third-order valence-corrected chi connectivity index (χ3v) is 5.89. The molecule has 1 aromatic heterocycles. The van der Waals surface area contributed by atoms with Crippen LogP contribution >= 0.6 is 12.2 Å². The van der Waals surface area contributed by atoms with Crippen molar-refractivity contribution in [1.29, 1.82) is 0 Å². The number of Topliss-reactive ketones (excluding diaryl/α,β-unsaturated/α-hetero) is 1. The summed E-state index contributed by atoms with van der Waals surface area (Å²) in [4.78, 5) is 40.6. The molecule has 9 heteroatoms. The molecule has 31 heavy (non-hydrogen) atoms. The maximum absolute atomic E-state index is 12.9. The molecule has 4 rings (SSSR count). The van der Waals surface area contributed by atoms with Crippen LogP contribution in [0.2, 0.25) is 0 Å². The Morgan fingerprint density at radius 2 is 1.87 bits per heavy atom. The van der Waals surface area contributed by atoms with Crippen molar-refractivity contribution in [2.24, 2.45) is 5.92 Å². The average molecular weight is 441 g/mol. The van der Waals surface area contributed by atoms with Crippen LogP contribution in [0.5, 0.6) is 0 Å². The number of likely N-dealkylation sites (tertiary alicyclic amines) is 1. The highest BCUT2D eigenvalue weighted by Gasteiger charge is 2.26. The van der Waals surface area contributed by atoms with Crippen LogP contribution in [0.3, 0.4) is 0 Å². The molecule has 0 bridgehead atoms. The zero-order chi connectivity index (χ0) is 23.8. The van der Waals surface area contributed by atoms with Crippen LogP contribution in [-0.2, 0) is 6.54 Å². The molecule has 1 aliphatic rings. The Morgan fingerprint density at radius 3 is 2.55 bits per heavy atom. The molecule has 0 amide bonds. The molecular formula is C22H22N4O4S. The van der Waals surface area contributed by atoms with Crippen LogP contribution in [0, 0.1) is 20.8 Å². The van der Waals surface area contributed by atoms with E-state index in [1.807, 2.05) is 0 Å². The lowest BCUT2D eigenvalue weighted by atomic mass is 9.89. The Balaban J connectivity index is 1.45. The molecule has 1 fully saturated rings. The van der Waals surface area contributed by atoms with Gasteiger partial charge in [0, 0.05) is 39.4 Å². The molecule has 3 aromatic rings. The number of aromatic nitrogens is 2. The number of carbonyl (C=O) groups excluding carboxylic acids is 1. The number of aromatic amines is 1. The lowest BCUT2D eigenvalue weighted by molar-refractivity contribution is -0.384. The van der Waals surface area contributed by atoms with Crippen molar-refractivity contribution in [1.82, 2.24) is 14.5 Å². The number of piperidine rings is 1.